The Bertz CT molecular complexity index is 280. The Morgan fingerprint density at radius 3 is 3.00 bits per heavy atom. The summed E-state index contributed by atoms with van der Waals surface area (Å²) in [5.41, 5.74) is 1.15. The van der Waals surface area contributed by atoms with E-state index in [9.17, 15) is 9.59 Å². The van der Waals surface area contributed by atoms with Crippen LogP contribution in [0, 0.1) is 5.92 Å². The van der Waals surface area contributed by atoms with Crippen LogP contribution in [0.5, 0.6) is 0 Å². The van der Waals surface area contributed by atoms with Crippen molar-refractivity contribution < 1.29 is 9.59 Å². The Morgan fingerprint density at radius 1 is 1.67 bits per heavy atom. The molecule has 1 fully saturated rings. The van der Waals surface area contributed by atoms with E-state index in [1.165, 1.54) is 0 Å². The molecule has 0 aromatic carbocycles. The van der Waals surface area contributed by atoms with Crippen LogP contribution < -0.4 is 0 Å². The quantitative estimate of drug-likeness (QED) is 0.520. The highest BCUT2D eigenvalue weighted by atomic mass is 16.2. The minimum absolute atomic E-state index is 0.109. The van der Waals surface area contributed by atoms with E-state index in [4.69, 9.17) is 0 Å². The van der Waals surface area contributed by atoms with Crippen molar-refractivity contribution in [3.63, 3.8) is 0 Å². The average Bonchev–Trinajstić information content (AvgIpc) is 2.42. The molecule has 64 valence electrons. The van der Waals surface area contributed by atoms with Crippen LogP contribution >= 0.6 is 0 Å². The second-order valence-electron chi connectivity index (χ2n) is 3.49. The van der Waals surface area contributed by atoms with Crippen LogP contribution in [-0.4, -0.2) is 29.7 Å². The summed E-state index contributed by atoms with van der Waals surface area (Å²) < 4.78 is 0. The smallest absolute Gasteiger partial charge is 0.219 e. The highest BCUT2D eigenvalue weighted by Gasteiger charge is 2.34. The van der Waals surface area contributed by atoms with Gasteiger partial charge in [-0.1, -0.05) is 0 Å². The van der Waals surface area contributed by atoms with Gasteiger partial charge in [0.2, 0.25) is 5.91 Å². The second-order valence-corrected chi connectivity index (χ2v) is 3.49. The normalized spacial score (nSPS) is 27.4. The van der Waals surface area contributed by atoms with E-state index in [0.717, 1.165) is 12.1 Å². The van der Waals surface area contributed by atoms with Gasteiger partial charge in [0.1, 0.15) is 0 Å². The van der Waals surface area contributed by atoms with Crippen LogP contribution in [0.15, 0.2) is 11.6 Å². The maximum Gasteiger partial charge on any atom is 0.219 e. The fourth-order valence-electron chi connectivity index (χ4n) is 1.90. The number of hydrogen-bond acceptors (Lipinski definition) is 2. The van der Waals surface area contributed by atoms with Gasteiger partial charge in [-0.05, 0) is 11.6 Å². The van der Waals surface area contributed by atoms with Crippen LogP contribution in [0.2, 0.25) is 0 Å². The Kier molecular flexibility index (Phi) is 1.53. The van der Waals surface area contributed by atoms with Crippen molar-refractivity contribution in [2.75, 3.05) is 13.1 Å². The summed E-state index contributed by atoms with van der Waals surface area (Å²) in [5.74, 6) is 0.664. The minimum atomic E-state index is 0.109. The molecule has 0 aromatic heterocycles. The number of carbonyl (C=O) groups excluding carboxylic acids is 2. The molecular formula is C9H11NO2. The molecule has 0 N–H and O–H groups in total. The molecular weight excluding hydrogens is 154 g/mol. The van der Waals surface area contributed by atoms with Crippen LogP contribution in [0.1, 0.15) is 13.3 Å². The molecule has 0 saturated carbocycles. The highest BCUT2D eigenvalue weighted by molar-refractivity contribution is 5.94. The minimum Gasteiger partial charge on any atom is -0.338 e. The molecule has 1 aliphatic carbocycles. The first-order valence-corrected chi connectivity index (χ1v) is 4.15. The maximum absolute atomic E-state index is 11.0. The zero-order valence-corrected chi connectivity index (χ0v) is 7.04. The van der Waals surface area contributed by atoms with Crippen LogP contribution in [0.4, 0.5) is 0 Å². The summed E-state index contributed by atoms with van der Waals surface area (Å²) in [6.07, 6.45) is 2.31. The second kappa shape index (κ2) is 2.44. The first-order chi connectivity index (χ1) is 5.66. The molecule has 0 aromatic rings. The lowest BCUT2D eigenvalue weighted by molar-refractivity contribution is -0.128. The predicted molar refractivity (Wildman–Crippen MR) is 43.5 cm³/mol. The van der Waals surface area contributed by atoms with Gasteiger partial charge < -0.3 is 4.90 Å². The van der Waals surface area contributed by atoms with Crippen molar-refractivity contribution in [3.05, 3.63) is 11.6 Å². The molecule has 3 heteroatoms. The third-order valence-electron chi connectivity index (χ3n) is 2.58. The summed E-state index contributed by atoms with van der Waals surface area (Å²) in [6.45, 7) is 2.99. The van der Waals surface area contributed by atoms with Crippen molar-refractivity contribution in [2.45, 2.75) is 13.3 Å². The molecule has 1 atom stereocenters. The fraction of sp³-hybridized carbons (Fsp3) is 0.556. The first kappa shape index (κ1) is 7.53. The van der Waals surface area contributed by atoms with Crippen molar-refractivity contribution in [1.82, 2.24) is 4.90 Å². The van der Waals surface area contributed by atoms with Gasteiger partial charge in [-0.3, -0.25) is 9.59 Å². The number of carbonyl (C=O) groups is 2. The molecule has 1 heterocycles. The summed E-state index contributed by atoms with van der Waals surface area (Å²) in [4.78, 5) is 23.7. The monoisotopic (exact) mass is 165 g/mol. The molecule has 1 aliphatic heterocycles. The average molecular weight is 165 g/mol. The van der Waals surface area contributed by atoms with Gasteiger partial charge in [0.05, 0.1) is 0 Å². The number of hydrogen-bond donors (Lipinski definition) is 0. The molecule has 12 heavy (non-hydrogen) atoms. The van der Waals surface area contributed by atoms with E-state index in [0.29, 0.717) is 18.9 Å². The standard InChI is InChI=1S/C9H11NO2/c1-6(11)10-4-7-2-9(12)3-8(7)5-10/h2,8H,3-5H2,1H3/t8-/m1/s1. The third-order valence-corrected chi connectivity index (χ3v) is 2.58. The van der Waals surface area contributed by atoms with Crippen molar-refractivity contribution >= 4 is 11.7 Å². The third kappa shape index (κ3) is 1.05. The molecule has 3 nitrogen and oxygen atoms in total. The number of rotatable bonds is 0. The van der Waals surface area contributed by atoms with Gasteiger partial charge in [-0.15, -0.1) is 0 Å². The van der Waals surface area contributed by atoms with Crippen LogP contribution in [0.25, 0.3) is 0 Å². The number of allylic oxidation sites excluding steroid dienone is 1. The van der Waals surface area contributed by atoms with Gasteiger partial charge >= 0.3 is 0 Å². The summed E-state index contributed by atoms with van der Waals surface area (Å²) in [6, 6.07) is 0. The zero-order chi connectivity index (χ0) is 8.72. The van der Waals surface area contributed by atoms with Crippen molar-refractivity contribution in [1.29, 1.82) is 0 Å². The molecule has 1 saturated heterocycles. The van der Waals surface area contributed by atoms with E-state index < -0.39 is 0 Å². The molecule has 1 amide bonds. The van der Waals surface area contributed by atoms with Gasteiger partial charge in [-0.25, -0.2) is 0 Å². The summed E-state index contributed by atoms with van der Waals surface area (Å²) in [5, 5.41) is 0. The van der Waals surface area contributed by atoms with Gasteiger partial charge in [0, 0.05) is 32.4 Å². The van der Waals surface area contributed by atoms with E-state index in [-0.39, 0.29) is 11.7 Å². The van der Waals surface area contributed by atoms with E-state index >= 15 is 0 Å². The van der Waals surface area contributed by atoms with Crippen molar-refractivity contribution in [3.8, 4) is 0 Å². The Balaban J connectivity index is 2.14. The Hall–Kier alpha value is -1.12. The molecule has 2 rings (SSSR count). The van der Waals surface area contributed by atoms with Gasteiger partial charge in [0.25, 0.3) is 0 Å². The highest BCUT2D eigenvalue weighted by Crippen LogP contribution is 2.30. The first-order valence-electron chi connectivity index (χ1n) is 4.15. The van der Waals surface area contributed by atoms with Gasteiger partial charge in [-0.2, -0.15) is 0 Å². The molecule has 2 aliphatic rings. The lowest BCUT2D eigenvalue weighted by Crippen LogP contribution is -2.26. The lowest BCUT2D eigenvalue weighted by atomic mass is 10.1. The summed E-state index contributed by atoms with van der Waals surface area (Å²) >= 11 is 0. The zero-order valence-electron chi connectivity index (χ0n) is 7.04. The largest absolute Gasteiger partial charge is 0.338 e. The topological polar surface area (TPSA) is 37.4 Å². The number of likely N-dealkylation sites (tertiary alicyclic amines) is 1. The maximum atomic E-state index is 11.0. The number of nitrogens with zero attached hydrogens (tertiary/aromatic N) is 1. The number of ketones is 1. The van der Waals surface area contributed by atoms with Crippen LogP contribution in [0.3, 0.4) is 0 Å². The SMILES string of the molecule is CC(=O)N1CC2=CC(=O)C[C@@H]2C1. The molecule has 0 unspecified atom stereocenters. The summed E-state index contributed by atoms with van der Waals surface area (Å²) in [7, 11) is 0. The Morgan fingerprint density at radius 2 is 2.42 bits per heavy atom. The van der Waals surface area contributed by atoms with E-state index in [1.807, 2.05) is 0 Å². The Labute approximate surface area is 71.0 Å². The predicted octanol–water partition coefficient (Wildman–Crippen LogP) is 0.364. The fourth-order valence-corrected chi connectivity index (χ4v) is 1.90. The number of amides is 1. The van der Waals surface area contributed by atoms with E-state index in [1.54, 1.807) is 17.9 Å². The van der Waals surface area contributed by atoms with Gasteiger partial charge in [0.15, 0.2) is 5.78 Å². The van der Waals surface area contributed by atoms with E-state index in [2.05, 4.69) is 0 Å². The molecule has 0 spiro atoms. The molecule has 0 radical (unpaired) electrons. The molecule has 0 bridgehead atoms. The number of fused-ring (bicyclic) bond motifs is 1. The van der Waals surface area contributed by atoms with Crippen molar-refractivity contribution in [2.24, 2.45) is 5.92 Å². The van der Waals surface area contributed by atoms with Crippen LogP contribution in [-0.2, 0) is 9.59 Å². The lowest BCUT2D eigenvalue weighted by Gasteiger charge is -2.12.